The smallest absolute Gasteiger partial charge is 0.170 e. The number of benzene rings is 1. The van der Waals surface area contributed by atoms with Crippen LogP contribution in [0.3, 0.4) is 0 Å². The van der Waals surface area contributed by atoms with Gasteiger partial charge in [0.2, 0.25) is 0 Å². The molecule has 0 spiro atoms. The maximum atomic E-state index is 5.75. The number of aryl methyl sites for hydroxylation is 1. The molecule has 0 unspecified atom stereocenters. The molecule has 3 aromatic rings. The van der Waals surface area contributed by atoms with Gasteiger partial charge in [-0.1, -0.05) is 38.1 Å². The molecule has 144 valence electrons. The second kappa shape index (κ2) is 7.76. The topological polar surface area (TPSA) is 33.1 Å². The van der Waals surface area contributed by atoms with Crippen LogP contribution in [0, 0.1) is 12.8 Å². The summed E-state index contributed by atoms with van der Waals surface area (Å²) < 4.78 is 2.29. The average Bonchev–Trinajstić information content (AvgIpc) is 3.27. The number of nitrogens with zero attached hydrogens (tertiary/aromatic N) is 3. The molecule has 0 saturated carbocycles. The number of hydrogen-bond acceptors (Lipinski definition) is 2. The summed E-state index contributed by atoms with van der Waals surface area (Å²) in [5, 5.41) is 4.34. The molecular weight excluding hydrogens is 364 g/mol. The summed E-state index contributed by atoms with van der Waals surface area (Å²) in [5.74, 6) is 0.506. The van der Waals surface area contributed by atoms with E-state index in [0.717, 1.165) is 17.4 Å². The van der Waals surface area contributed by atoms with Crippen LogP contribution in [-0.2, 0) is 0 Å². The van der Waals surface area contributed by atoms with Crippen molar-refractivity contribution in [2.24, 2.45) is 5.92 Å². The van der Waals surface area contributed by atoms with Crippen molar-refractivity contribution in [3.63, 3.8) is 0 Å². The summed E-state index contributed by atoms with van der Waals surface area (Å²) in [6, 6.07) is 19.0. The van der Waals surface area contributed by atoms with Crippen LogP contribution in [-0.4, -0.2) is 26.1 Å². The zero-order chi connectivity index (χ0) is 19.7. The largest absolute Gasteiger partial charge is 0.352 e. The van der Waals surface area contributed by atoms with Gasteiger partial charge >= 0.3 is 0 Å². The molecule has 2 aromatic heterocycles. The SMILES string of the molecule is Cc1ccccc1-n1cccc1[C@H]1[C@H](c2ccccn2)NC(=S)N1CC(C)C. The van der Waals surface area contributed by atoms with E-state index in [0.29, 0.717) is 5.92 Å². The highest BCUT2D eigenvalue weighted by Gasteiger charge is 2.41. The third-order valence-electron chi connectivity index (χ3n) is 5.22. The Kier molecular flexibility index (Phi) is 5.18. The Morgan fingerprint density at radius 2 is 1.86 bits per heavy atom. The summed E-state index contributed by atoms with van der Waals surface area (Å²) in [6.45, 7) is 7.51. The lowest BCUT2D eigenvalue weighted by atomic mass is 10.00. The van der Waals surface area contributed by atoms with Gasteiger partial charge < -0.3 is 14.8 Å². The van der Waals surface area contributed by atoms with Gasteiger partial charge in [-0.25, -0.2) is 0 Å². The Bertz CT molecular complexity index is 963. The fraction of sp³-hybridized carbons (Fsp3) is 0.304. The number of aromatic nitrogens is 2. The van der Waals surface area contributed by atoms with Crippen molar-refractivity contribution in [2.75, 3.05) is 6.54 Å². The Morgan fingerprint density at radius 3 is 2.57 bits per heavy atom. The first-order valence-electron chi connectivity index (χ1n) is 9.77. The zero-order valence-corrected chi connectivity index (χ0v) is 17.4. The Hall–Kier alpha value is -2.66. The molecule has 2 atom stereocenters. The van der Waals surface area contributed by atoms with E-state index < -0.39 is 0 Å². The van der Waals surface area contributed by atoms with Gasteiger partial charge in [-0.2, -0.15) is 0 Å². The van der Waals surface area contributed by atoms with Gasteiger partial charge in [0.25, 0.3) is 0 Å². The Morgan fingerprint density at radius 1 is 1.07 bits per heavy atom. The molecule has 1 aliphatic rings. The van der Waals surface area contributed by atoms with Crippen molar-refractivity contribution in [3.8, 4) is 5.69 Å². The lowest BCUT2D eigenvalue weighted by Crippen LogP contribution is -2.33. The van der Waals surface area contributed by atoms with Crippen molar-refractivity contribution >= 4 is 17.3 Å². The third kappa shape index (κ3) is 3.42. The molecule has 1 N–H and O–H groups in total. The molecule has 4 rings (SSSR count). The van der Waals surface area contributed by atoms with Gasteiger partial charge in [0.1, 0.15) is 0 Å². The minimum absolute atomic E-state index is 0.0186. The predicted octanol–water partition coefficient (Wildman–Crippen LogP) is 4.81. The lowest BCUT2D eigenvalue weighted by Gasteiger charge is -2.30. The second-order valence-electron chi connectivity index (χ2n) is 7.76. The van der Waals surface area contributed by atoms with Crippen LogP contribution in [0.15, 0.2) is 67.0 Å². The zero-order valence-electron chi connectivity index (χ0n) is 16.5. The molecule has 4 nitrogen and oxygen atoms in total. The summed E-state index contributed by atoms with van der Waals surface area (Å²) in [4.78, 5) is 6.95. The van der Waals surface area contributed by atoms with Crippen molar-refractivity contribution in [1.29, 1.82) is 0 Å². The molecule has 1 saturated heterocycles. The summed E-state index contributed by atoms with van der Waals surface area (Å²) in [7, 11) is 0. The van der Waals surface area contributed by atoms with Crippen LogP contribution >= 0.6 is 12.2 Å². The van der Waals surface area contributed by atoms with Gasteiger partial charge in [-0.05, 0) is 61.0 Å². The lowest BCUT2D eigenvalue weighted by molar-refractivity contribution is 0.280. The van der Waals surface area contributed by atoms with Crippen LogP contribution in [0.2, 0.25) is 0 Å². The molecule has 0 bridgehead atoms. The fourth-order valence-electron chi connectivity index (χ4n) is 4.01. The fourth-order valence-corrected chi connectivity index (χ4v) is 4.32. The number of para-hydroxylation sites is 1. The number of thiocarbonyl (C=S) groups is 1. The number of nitrogens with one attached hydrogen (secondary N) is 1. The molecule has 28 heavy (non-hydrogen) atoms. The average molecular weight is 391 g/mol. The van der Waals surface area contributed by atoms with Gasteiger partial charge in [-0.3, -0.25) is 4.98 Å². The van der Waals surface area contributed by atoms with Gasteiger partial charge in [0.15, 0.2) is 5.11 Å². The third-order valence-corrected chi connectivity index (χ3v) is 5.57. The van der Waals surface area contributed by atoms with E-state index in [1.165, 1.54) is 16.9 Å². The molecular formula is C23H26N4S. The molecule has 5 heteroatoms. The first-order chi connectivity index (χ1) is 13.6. The van der Waals surface area contributed by atoms with Crippen LogP contribution < -0.4 is 5.32 Å². The maximum Gasteiger partial charge on any atom is 0.170 e. The molecule has 1 aromatic carbocycles. The normalized spacial score (nSPS) is 19.3. The summed E-state index contributed by atoms with van der Waals surface area (Å²) in [5.41, 5.74) is 4.68. The van der Waals surface area contributed by atoms with Crippen LogP contribution in [0.4, 0.5) is 0 Å². The van der Waals surface area contributed by atoms with Crippen LogP contribution in [0.5, 0.6) is 0 Å². The van der Waals surface area contributed by atoms with E-state index in [1.54, 1.807) is 0 Å². The summed E-state index contributed by atoms with van der Waals surface area (Å²) >= 11 is 5.75. The van der Waals surface area contributed by atoms with Crippen molar-refractivity contribution < 1.29 is 0 Å². The minimum Gasteiger partial charge on any atom is -0.352 e. The highest BCUT2D eigenvalue weighted by molar-refractivity contribution is 7.80. The second-order valence-corrected chi connectivity index (χ2v) is 8.15. The Balaban J connectivity index is 1.83. The number of rotatable bonds is 5. The number of hydrogen-bond donors (Lipinski definition) is 1. The first kappa shape index (κ1) is 18.7. The monoisotopic (exact) mass is 390 g/mol. The maximum absolute atomic E-state index is 5.75. The molecule has 3 heterocycles. The Labute approximate surface area is 172 Å². The van der Waals surface area contributed by atoms with Crippen LogP contribution in [0.25, 0.3) is 5.69 Å². The van der Waals surface area contributed by atoms with Crippen molar-refractivity contribution in [1.82, 2.24) is 19.8 Å². The quantitative estimate of drug-likeness (QED) is 0.634. The molecule has 1 aliphatic heterocycles. The molecule has 0 amide bonds. The molecule has 0 radical (unpaired) electrons. The minimum atomic E-state index is 0.0186. The standard InChI is InChI=1S/C23H26N4S/c1-16(2)15-27-22(21(25-23(27)28)18-10-6-7-13-24-18)20-12-8-14-26(20)19-11-5-4-9-17(19)3/h4-14,16,21-22H,15H2,1-3H3,(H,25,28)/t21-,22-/m0/s1. The van der Waals surface area contributed by atoms with E-state index in [1.807, 2.05) is 18.3 Å². The van der Waals surface area contributed by atoms with Crippen molar-refractivity contribution in [2.45, 2.75) is 32.9 Å². The first-order valence-corrected chi connectivity index (χ1v) is 10.2. The molecule has 1 fully saturated rings. The van der Waals surface area contributed by atoms with Gasteiger partial charge in [-0.15, -0.1) is 0 Å². The van der Waals surface area contributed by atoms with E-state index in [2.05, 4.69) is 89.2 Å². The predicted molar refractivity (Wildman–Crippen MR) is 118 cm³/mol. The van der Waals surface area contributed by atoms with E-state index in [4.69, 9.17) is 12.2 Å². The van der Waals surface area contributed by atoms with Crippen LogP contribution in [0.1, 0.15) is 42.9 Å². The molecule has 0 aliphatic carbocycles. The van der Waals surface area contributed by atoms with E-state index >= 15 is 0 Å². The van der Waals surface area contributed by atoms with Gasteiger partial charge in [0, 0.05) is 30.3 Å². The van der Waals surface area contributed by atoms with E-state index in [9.17, 15) is 0 Å². The summed E-state index contributed by atoms with van der Waals surface area (Å²) in [6.07, 6.45) is 3.99. The van der Waals surface area contributed by atoms with E-state index in [-0.39, 0.29) is 12.1 Å². The van der Waals surface area contributed by atoms with Crippen molar-refractivity contribution in [3.05, 3.63) is 83.9 Å². The highest BCUT2D eigenvalue weighted by Crippen LogP contribution is 2.40. The number of pyridine rings is 1. The highest BCUT2D eigenvalue weighted by atomic mass is 32.1. The van der Waals surface area contributed by atoms with Gasteiger partial charge in [0.05, 0.1) is 17.8 Å².